The quantitative estimate of drug-likeness (QED) is 0.801. The molecule has 5 heteroatoms. The Hall–Kier alpha value is -2.53. The second-order valence-corrected chi connectivity index (χ2v) is 4.84. The molecule has 0 spiro atoms. The van der Waals surface area contributed by atoms with Gasteiger partial charge in [0.2, 0.25) is 0 Å². The first-order valence-electron chi connectivity index (χ1n) is 6.88. The largest absolute Gasteiger partial charge is 0.395 e. The van der Waals surface area contributed by atoms with Gasteiger partial charge < -0.3 is 9.67 Å². The van der Waals surface area contributed by atoms with Gasteiger partial charge in [0.25, 0.3) is 0 Å². The second kappa shape index (κ2) is 6.07. The summed E-state index contributed by atoms with van der Waals surface area (Å²) >= 11 is 0. The Labute approximate surface area is 126 Å². The highest BCUT2D eigenvalue weighted by atomic mass is 19.2. The van der Waals surface area contributed by atoms with Crippen molar-refractivity contribution in [1.82, 2.24) is 9.55 Å². The lowest BCUT2D eigenvalue weighted by Crippen LogP contribution is -2.04. The maximum Gasteiger partial charge on any atom is 0.161 e. The monoisotopic (exact) mass is 300 g/mol. The molecule has 3 rings (SSSR count). The lowest BCUT2D eigenvalue weighted by Gasteiger charge is -2.04. The molecule has 0 radical (unpaired) electrons. The number of aliphatic hydroxyl groups excluding tert-OH is 1. The van der Waals surface area contributed by atoms with Crippen LogP contribution >= 0.6 is 0 Å². The van der Waals surface area contributed by atoms with Crippen LogP contribution < -0.4 is 0 Å². The fourth-order valence-electron chi connectivity index (χ4n) is 2.34. The molecule has 1 aromatic heterocycles. The lowest BCUT2D eigenvalue weighted by molar-refractivity contribution is 0.277. The number of nitrogens with zero attached hydrogens (tertiary/aromatic N) is 2. The fourth-order valence-corrected chi connectivity index (χ4v) is 2.34. The summed E-state index contributed by atoms with van der Waals surface area (Å²) in [6.45, 7) is 0.146. The van der Waals surface area contributed by atoms with Crippen molar-refractivity contribution in [1.29, 1.82) is 0 Å². The Morgan fingerprint density at radius 1 is 1.05 bits per heavy atom. The van der Waals surface area contributed by atoms with E-state index in [0.29, 0.717) is 16.9 Å². The topological polar surface area (TPSA) is 38.0 Å². The van der Waals surface area contributed by atoms with Gasteiger partial charge in [-0.2, -0.15) is 0 Å². The minimum absolute atomic E-state index is 0.114. The van der Waals surface area contributed by atoms with Crippen LogP contribution in [0.3, 0.4) is 0 Å². The summed E-state index contributed by atoms with van der Waals surface area (Å²) in [6, 6.07) is 11.8. The molecule has 0 saturated heterocycles. The van der Waals surface area contributed by atoms with E-state index in [-0.39, 0.29) is 13.2 Å². The predicted molar refractivity (Wildman–Crippen MR) is 82.1 cm³/mol. The number of hydrogen-bond donors (Lipinski definition) is 1. The Kier molecular flexibility index (Phi) is 3.98. The van der Waals surface area contributed by atoms with Gasteiger partial charge in [-0.15, -0.1) is 0 Å². The van der Waals surface area contributed by atoms with Gasteiger partial charge in [-0.3, -0.25) is 0 Å². The van der Waals surface area contributed by atoms with Crippen molar-refractivity contribution in [2.75, 3.05) is 6.61 Å². The number of aliphatic hydroxyl groups is 1. The number of aromatic nitrogens is 2. The molecule has 22 heavy (non-hydrogen) atoms. The highest BCUT2D eigenvalue weighted by molar-refractivity contribution is 5.80. The van der Waals surface area contributed by atoms with Crippen LogP contribution in [0.2, 0.25) is 0 Å². The van der Waals surface area contributed by atoms with Crippen molar-refractivity contribution in [3.63, 3.8) is 0 Å². The summed E-state index contributed by atoms with van der Waals surface area (Å²) in [5, 5.41) is 9.19. The fraction of sp³-hybridized carbons (Fsp3) is 0.118. The van der Waals surface area contributed by atoms with Gasteiger partial charge in [0.05, 0.1) is 17.6 Å². The van der Waals surface area contributed by atoms with Gasteiger partial charge in [0.1, 0.15) is 5.82 Å². The van der Waals surface area contributed by atoms with Crippen LogP contribution in [0.5, 0.6) is 0 Å². The summed E-state index contributed by atoms with van der Waals surface area (Å²) in [6.07, 6.45) is 3.63. The van der Waals surface area contributed by atoms with E-state index in [9.17, 15) is 13.9 Å². The standard InChI is InChI=1S/C17H14F2N2O/c18-13-10-15-16(11-14(13)19)21(8-9-22)17(20-15)7-6-12-4-2-1-3-5-12/h1-7,10-11,22H,8-9H2/b7-6+. The summed E-state index contributed by atoms with van der Waals surface area (Å²) < 4.78 is 28.4. The van der Waals surface area contributed by atoms with Crippen LogP contribution in [0.4, 0.5) is 8.78 Å². The molecule has 2 aromatic carbocycles. The molecule has 0 saturated carbocycles. The number of fused-ring (bicyclic) bond motifs is 1. The molecule has 0 fully saturated rings. The first kappa shape index (κ1) is 14.4. The molecular formula is C17H14F2N2O. The summed E-state index contributed by atoms with van der Waals surface area (Å²) in [5.74, 6) is -1.32. The van der Waals surface area contributed by atoms with Gasteiger partial charge in [0.15, 0.2) is 11.6 Å². The van der Waals surface area contributed by atoms with Crippen LogP contribution in [-0.2, 0) is 6.54 Å². The minimum atomic E-state index is -0.931. The first-order valence-corrected chi connectivity index (χ1v) is 6.88. The molecule has 0 aliphatic rings. The maximum absolute atomic E-state index is 13.4. The molecule has 0 aliphatic carbocycles. The van der Waals surface area contributed by atoms with Crippen molar-refractivity contribution in [3.05, 3.63) is 65.5 Å². The number of imidazole rings is 1. The Balaban J connectivity index is 2.08. The molecule has 0 unspecified atom stereocenters. The molecule has 0 aliphatic heterocycles. The molecule has 0 amide bonds. The van der Waals surface area contributed by atoms with E-state index in [4.69, 9.17) is 0 Å². The molecule has 112 valence electrons. The van der Waals surface area contributed by atoms with Crippen molar-refractivity contribution >= 4 is 23.2 Å². The zero-order chi connectivity index (χ0) is 15.5. The van der Waals surface area contributed by atoms with Crippen molar-refractivity contribution in [2.24, 2.45) is 0 Å². The van der Waals surface area contributed by atoms with Crippen LogP contribution in [0, 0.1) is 11.6 Å². The SMILES string of the molecule is OCCn1c(/C=C/c2ccccc2)nc2cc(F)c(F)cc21. The zero-order valence-electron chi connectivity index (χ0n) is 11.7. The third kappa shape index (κ3) is 2.76. The van der Waals surface area contributed by atoms with Gasteiger partial charge in [0, 0.05) is 18.7 Å². The molecule has 3 aromatic rings. The third-order valence-corrected chi connectivity index (χ3v) is 3.37. The van der Waals surface area contributed by atoms with Crippen molar-refractivity contribution < 1.29 is 13.9 Å². The summed E-state index contributed by atoms with van der Waals surface area (Å²) in [4.78, 5) is 4.31. The first-order chi connectivity index (χ1) is 10.7. The smallest absolute Gasteiger partial charge is 0.161 e. The van der Waals surface area contributed by atoms with Crippen LogP contribution in [0.1, 0.15) is 11.4 Å². The van der Waals surface area contributed by atoms with Crippen LogP contribution in [0.25, 0.3) is 23.2 Å². The van der Waals surface area contributed by atoms with Gasteiger partial charge in [-0.25, -0.2) is 13.8 Å². The predicted octanol–water partition coefficient (Wildman–Crippen LogP) is 3.48. The Bertz CT molecular complexity index is 826. The van der Waals surface area contributed by atoms with Gasteiger partial charge in [-0.1, -0.05) is 36.4 Å². The van der Waals surface area contributed by atoms with Crippen molar-refractivity contribution in [3.8, 4) is 0 Å². The number of benzene rings is 2. The van der Waals surface area contributed by atoms with E-state index in [0.717, 1.165) is 17.7 Å². The van der Waals surface area contributed by atoms with E-state index < -0.39 is 11.6 Å². The zero-order valence-corrected chi connectivity index (χ0v) is 11.7. The van der Waals surface area contributed by atoms with E-state index >= 15 is 0 Å². The molecule has 0 bridgehead atoms. The lowest BCUT2D eigenvalue weighted by atomic mass is 10.2. The van der Waals surface area contributed by atoms with Crippen LogP contribution in [-0.4, -0.2) is 21.3 Å². The van der Waals surface area contributed by atoms with Gasteiger partial charge in [-0.05, 0) is 11.6 Å². The second-order valence-electron chi connectivity index (χ2n) is 4.84. The molecule has 3 nitrogen and oxygen atoms in total. The van der Waals surface area contributed by atoms with Gasteiger partial charge >= 0.3 is 0 Å². The van der Waals surface area contributed by atoms with E-state index in [1.165, 1.54) is 0 Å². The van der Waals surface area contributed by atoms with E-state index in [1.54, 1.807) is 10.6 Å². The molecule has 1 heterocycles. The highest BCUT2D eigenvalue weighted by Crippen LogP contribution is 2.21. The highest BCUT2D eigenvalue weighted by Gasteiger charge is 2.12. The number of hydrogen-bond acceptors (Lipinski definition) is 2. The van der Waals surface area contributed by atoms with Crippen LogP contribution in [0.15, 0.2) is 42.5 Å². The molecule has 0 atom stereocenters. The maximum atomic E-state index is 13.4. The van der Waals surface area contributed by atoms with E-state index in [1.807, 2.05) is 36.4 Å². The van der Waals surface area contributed by atoms with E-state index in [2.05, 4.69) is 4.98 Å². The average molecular weight is 300 g/mol. The Morgan fingerprint density at radius 3 is 2.50 bits per heavy atom. The average Bonchev–Trinajstić information content (AvgIpc) is 2.84. The minimum Gasteiger partial charge on any atom is -0.395 e. The van der Waals surface area contributed by atoms with Crippen molar-refractivity contribution in [2.45, 2.75) is 6.54 Å². The normalized spacial score (nSPS) is 11.6. The number of halogens is 2. The summed E-state index contributed by atoms with van der Waals surface area (Å²) in [7, 11) is 0. The molecule has 1 N–H and O–H groups in total. The Morgan fingerprint density at radius 2 is 1.77 bits per heavy atom. The summed E-state index contributed by atoms with van der Waals surface area (Å²) in [5.41, 5.74) is 1.81. The third-order valence-electron chi connectivity index (χ3n) is 3.37. The number of rotatable bonds is 4. The molecular weight excluding hydrogens is 286 g/mol.